The molecule has 0 spiro atoms. The van der Waals surface area contributed by atoms with E-state index in [0.29, 0.717) is 42.7 Å². The molecule has 3 aromatic rings. The predicted octanol–water partition coefficient (Wildman–Crippen LogP) is 9.25. The largest absolute Gasteiger partial charge is 0.494 e. The number of halogens is 4. The summed E-state index contributed by atoms with van der Waals surface area (Å²) in [5.74, 6) is -2.99. The number of ether oxygens (including phenoxy) is 2. The first-order chi connectivity index (χ1) is 18.4. The normalized spacial score (nSPS) is 17.5. The quantitative estimate of drug-likeness (QED) is 0.149. The lowest BCUT2D eigenvalue weighted by atomic mass is 9.78. The number of allylic oxidation sites excluding steroid dienone is 1. The maximum Gasteiger partial charge on any atom is 0.201 e. The first kappa shape index (κ1) is 27.5. The standard InChI is InChI=1S/C32H32F4O2/c1-3-5-20-38-28-19-14-24(29(33)32(28)36)11-8-21-6-9-22(10-7-21)26-17-18-27(31(35)30(26)34)23-12-15-25(16-13-23)37-4-2/h3,8,11-19,21-22H,1,4-7,9-10,20H2,2H3/b11-8+. The van der Waals surface area contributed by atoms with E-state index in [4.69, 9.17) is 9.47 Å². The van der Waals surface area contributed by atoms with Crippen LogP contribution in [0.4, 0.5) is 17.6 Å². The van der Waals surface area contributed by atoms with Crippen LogP contribution in [0.25, 0.3) is 17.2 Å². The summed E-state index contributed by atoms with van der Waals surface area (Å²) in [6, 6.07) is 13.2. The highest BCUT2D eigenvalue weighted by Gasteiger charge is 2.26. The lowest BCUT2D eigenvalue weighted by Gasteiger charge is -2.27. The van der Waals surface area contributed by atoms with Crippen LogP contribution in [0.3, 0.4) is 0 Å². The van der Waals surface area contributed by atoms with Crippen LogP contribution in [0.1, 0.15) is 56.1 Å². The molecule has 0 heterocycles. The molecular formula is C32H32F4O2. The Labute approximate surface area is 221 Å². The van der Waals surface area contributed by atoms with Gasteiger partial charge in [0.25, 0.3) is 0 Å². The van der Waals surface area contributed by atoms with Gasteiger partial charge in [-0.1, -0.05) is 42.5 Å². The highest BCUT2D eigenvalue weighted by atomic mass is 19.2. The van der Waals surface area contributed by atoms with Gasteiger partial charge in [0.2, 0.25) is 5.82 Å². The predicted molar refractivity (Wildman–Crippen MR) is 143 cm³/mol. The third kappa shape index (κ3) is 6.29. The summed E-state index contributed by atoms with van der Waals surface area (Å²) in [7, 11) is 0. The maximum absolute atomic E-state index is 15.1. The molecule has 0 amide bonds. The van der Waals surface area contributed by atoms with E-state index in [9.17, 15) is 8.78 Å². The highest BCUT2D eigenvalue weighted by Crippen LogP contribution is 2.39. The third-order valence-corrected chi connectivity index (χ3v) is 7.00. The Morgan fingerprint density at radius 3 is 2.24 bits per heavy atom. The molecule has 6 heteroatoms. The van der Waals surface area contributed by atoms with Crippen molar-refractivity contribution in [3.8, 4) is 22.6 Å². The van der Waals surface area contributed by atoms with Gasteiger partial charge in [-0.05, 0) is 86.3 Å². The summed E-state index contributed by atoms with van der Waals surface area (Å²) < 4.78 is 69.6. The van der Waals surface area contributed by atoms with E-state index in [2.05, 4.69) is 6.58 Å². The second kappa shape index (κ2) is 12.8. The van der Waals surface area contributed by atoms with Crippen molar-refractivity contribution >= 4 is 6.08 Å². The first-order valence-corrected chi connectivity index (χ1v) is 13.0. The van der Waals surface area contributed by atoms with Crippen LogP contribution in [0, 0.1) is 29.2 Å². The fourth-order valence-corrected chi connectivity index (χ4v) is 4.90. The van der Waals surface area contributed by atoms with E-state index in [1.807, 2.05) is 13.0 Å². The lowest BCUT2D eigenvalue weighted by Crippen LogP contribution is -2.13. The Morgan fingerprint density at radius 1 is 0.816 bits per heavy atom. The van der Waals surface area contributed by atoms with Crippen molar-refractivity contribution in [2.75, 3.05) is 13.2 Å². The van der Waals surface area contributed by atoms with Crippen molar-refractivity contribution in [1.29, 1.82) is 0 Å². The maximum atomic E-state index is 15.1. The van der Waals surface area contributed by atoms with Crippen molar-refractivity contribution in [2.24, 2.45) is 5.92 Å². The van der Waals surface area contributed by atoms with Gasteiger partial charge in [-0.25, -0.2) is 13.2 Å². The monoisotopic (exact) mass is 524 g/mol. The zero-order valence-electron chi connectivity index (χ0n) is 21.5. The van der Waals surface area contributed by atoms with Gasteiger partial charge in [0.05, 0.1) is 13.2 Å². The van der Waals surface area contributed by atoms with Gasteiger partial charge in [-0.15, -0.1) is 6.58 Å². The second-order valence-corrected chi connectivity index (χ2v) is 9.47. The molecule has 0 saturated heterocycles. The van der Waals surface area contributed by atoms with Crippen LogP contribution in [0.5, 0.6) is 11.5 Å². The van der Waals surface area contributed by atoms with Gasteiger partial charge in [-0.3, -0.25) is 0 Å². The number of hydrogen-bond donors (Lipinski definition) is 0. The molecule has 0 aromatic heterocycles. The molecule has 0 atom stereocenters. The minimum absolute atomic E-state index is 0.0929. The summed E-state index contributed by atoms with van der Waals surface area (Å²) in [6.07, 6.45) is 8.49. The lowest BCUT2D eigenvalue weighted by molar-refractivity contribution is 0.301. The Kier molecular flexibility index (Phi) is 9.27. The fraction of sp³-hybridized carbons (Fsp3) is 0.312. The molecule has 0 unspecified atom stereocenters. The molecule has 1 fully saturated rings. The van der Waals surface area contributed by atoms with E-state index in [0.717, 1.165) is 12.8 Å². The van der Waals surface area contributed by atoms with Gasteiger partial charge in [-0.2, -0.15) is 4.39 Å². The molecule has 0 N–H and O–H groups in total. The third-order valence-electron chi connectivity index (χ3n) is 7.00. The molecule has 0 bridgehead atoms. The average Bonchev–Trinajstić information content (AvgIpc) is 2.93. The van der Waals surface area contributed by atoms with Gasteiger partial charge >= 0.3 is 0 Å². The van der Waals surface area contributed by atoms with E-state index in [1.165, 1.54) is 12.1 Å². The zero-order valence-corrected chi connectivity index (χ0v) is 21.5. The number of rotatable bonds is 10. The van der Waals surface area contributed by atoms with Crippen molar-refractivity contribution in [2.45, 2.75) is 44.9 Å². The Balaban J connectivity index is 1.39. The topological polar surface area (TPSA) is 18.5 Å². The summed E-state index contributed by atoms with van der Waals surface area (Å²) in [5.41, 5.74) is 1.35. The molecule has 200 valence electrons. The summed E-state index contributed by atoms with van der Waals surface area (Å²) in [6.45, 7) is 6.21. The molecule has 1 aliphatic carbocycles. The van der Waals surface area contributed by atoms with Crippen LogP contribution < -0.4 is 9.47 Å². The fourth-order valence-electron chi connectivity index (χ4n) is 4.90. The average molecular weight is 525 g/mol. The molecule has 38 heavy (non-hydrogen) atoms. The molecular weight excluding hydrogens is 492 g/mol. The van der Waals surface area contributed by atoms with Gasteiger partial charge in [0.1, 0.15) is 5.75 Å². The first-order valence-electron chi connectivity index (χ1n) is 13.0. The van der Waals surface area contributed by atoms with Gasteiger partial charge in [0, 0.05) is 11.1 Å². The van der Waals surface area contributed by atoms with Crippen molar-refractivity contribution in [1.82, 2.24) is 0 Å². The summed E-state index contributed by atoms with van der Waals surface area (Å²) >= 11 is 0. The molecule has 0 radical (unpaired) electrons. The van der Waals surface area contributed by atoms with E-state index in [1.54, 1.807) is 48.6 Å². The Bertz CT molecular complexity index is 1280. The van der Waals surface area contributed by atoms with Crippen LogP contribution in [-0.4, -0.2) is 13.2 Å². The Morgan fingerprint density at radius 2 is 1.55 bits per heavy atom. The van der Waals surface area contributed by atoms with Gasteiger partial charge < -0.3 is 9.47 Å². The highest BCUT2D eigenvalue weighted by molar-refractivity contribution is 5.65. The van der Waals surface area contributed by atoms with E-state index >= 15 is 8.78 Å². The minimum Gasteiger partial charge on any atom is -0.494 e. The molecule has 1 saturated carbocycles. The van der Waals surface area contributed by atoms with Crippen molar-refractivity contribution in [3.05, 3.63) is 102 Å². The zero-order chi connectivity index (χ0) is 27.1. The smallest absolute Gasteiger partial charge is 0.201 e. The molecule has 4 rings (SSSR count). The van der Waals surface area contributed by atoms with Gasteiger partial charge in [0.15, 0.2) is 23.2 Å². The molecule has 2 nitrogen and oxygen atoms in total. The number of benzene rings is 3. The molecule has 3 aromatic carbocycles. The SMILES string of the molecule is C=CCCOc1ccc(/C=C/C2CCC(c3ccc(-c4ccc(OCC)cc4)c(F)c3F)CC2)c(F)c1F. The summed E-state index contributed by atoms with van der Waals surface area (Å²) in [4.78, 5) is 0. The van der Waals surface area contributed by atoms with E-state index < -0.39 is 23.3 Å². The molecule has 1 aliphatic rings. The van der Waals surface area contributed by atoms with Crippen molar-refractivity contribution in [3.63, 3.8) is 0 Å². The number of hydrogen-bond acceptors (Lipinski definition) is 2. The van der Waals surface area contributed by atoms with Crippen LogP contribution in [-0.2, 0) is 0 Å². The molecule has 0 aliphatic heterocycles. The summed E-state index contributed by atoms with van der Waals surface area (Å²) in [5, 5.41) is 0. The van der Waals surface area contributed by atoms with E-state index in [-0.39, 0.29) is 35.3 Å². The van der Waals surface area contributed by atoms with Crippen LogP contribution in [0.2, 0.25) is 0 Å². The van der Waals surface area contributed by atoms with Crippen LogP contribution in [0.15, 0.2) is 67.3 Å². The minimum atomic E-state index is -1.01. The van der Waals surface area contributed by atoms with Crippen LogP contribution >= 0.6 is 0 Å². The van der Waals surface area contributed by atoms with Crippen molar-refractivity contribution < 1.29 is 27.0 Å². The Hall–Kier alpha value is -3.54. The second-order valence-electron chi connectivity index (χ2n) is 9.47.